The summed E-state index contributed by atoms with van der Waals surface area (Å²) in [5.74, 6) is 0. The molecule has 1 aromatic rings. The van der Waals surface area contributed by atoms with Gasteiger partial charge in [0, 0.05) is 16.9 Å². The van der Waals surface area contributed by atoms with E-state index < -0.39 is 0 Å². The smallest absolute Gasteiger partial charge is 0.321 e. The molecule has 3 rings (SSSR count). The molecule has 0 aromatic carbocycles. The normalized spacial score (nSPS) is 27.4. The topological polar surface area (TPSA) is 63.2 Å². The highest BCUT2D eigenvalue weighted by Gasteiger charge is 2.34. The fourth-order valence-corrected chi connectivity index (χ4v) is 4.01. The van der Waals surface area contributed by atoms with Crippen molar-refractivity contribution in [3.8, 4) is 0 Å². The van der Waals surface area contributed by atoms with E-state index in [1.165, 1.54) is 4.88 Å². The molecule has 1 aliphatic heterocycles. The maximum absolute atomic E-state index is 12.0. The number of fused-ring (bicyclic) bond motifs is 1. The van der Waals surface area contributed by atoms with Crippen LogP contribution >= 0.6 is 11.3 Å². The van der Waals surface area contributed by atoms with Crippen LogP contribution in [0.15, 0.2) is 0 Å². The summed E-state index contributed by atoms with van der Waals surface area (Å²) in [6.45, 7) is 7.12. The van der Waals surface area contributed by atoms with Crippen LogP contribution in [0.25, 0.3) is 0 Å². The molecule has 2 atom stereocenters. The van der Waals surface area contributed by atoms with E-state index in [0.717, 1.165) is 25.0 Å². The Morgan fingerprint density at radius 3 is 2.95 bits per heavy atom. The zero-order valence-electron chi connectivity index (χ0n) is 12.2. The molecule has 1 fully saturated rings. The number of ether oxygens (including phenoxy) is 1. The molecule has 2 aliphatic rings. The minimum absolute atomic E-state index is 0.0842. The van der Waals surface area contributed by atoms with Crippen LogP contribution in [0.4, 0.5) is 9.93 Å². The van der Waals surface area contributed by atoms with Crippen LogP contribution in [-0.2, 0) is 16.6 Å². The Bertz CT molecular complexity index is 526. The average Bonchev–Trinajstić information content (AvgIpc) is 3.00. The third-order valence-corrected chi connectivity index (χ3v) is 5.26. The maximum atomic E-state index is 12.0. The number of nitrogens with zero attached hydrogens (tertiary/aromatic N) is 1. The predicted octanol–water partition coefficient (Wildman–Crippen LogP) is 2.67. The van der Waals surface area contributed by atoms with E-state index in [-0.39, 0.29) is 23.6 Å². The number of amides is 2. The van der Waals surface area contributed by atoms with Crippen LogP contribution in [0.5, 0.6) is 0 Å². The van der Waals surface area contributed by atoms with E-state index in [9.17, 15) is 4.79 Å². The minimum Gasteiger partial charge on any atom is -0.376 e. The fraction of sp³-hybridized carbons (Fsp3) is 0.714. The lowest BCUT2D eigenvalue weighted by molar-refractivity contribution is 0.114. The summed E-state index contributed by atoms with van der Waals surface area (Å²) < 4.78 is 5.44. The molecule has 0 unspecified atom stereocenters. The van der Waals surface area contributed by atoms with Gasteiger partial charge >= 0.3 is 6.03 Å². The number of hydrogen-bond donors (Lipinski definition) is 2. The number of rotatable bonds is 2. The summed E-state index contributed by atoms with van der Waals surface area (Å²) in [5, 5.41) is 6.51. The van der Waals surface area contributed by atoms with E-state index in [4.69, 9.17) is 4.74 Å². The van der Waals surface area contributed by atoms with Gasteiger partial charge in [-0.15, -0.1) is 11.3 Å². The van der Waals surface area contributed by atoms with Crippen molar-refractivity contribution in [1.82, 2.24) is 10.3 Å². The van der Waals surface area contributed by atoms with Crippen molar-refractivity contribution in [3.63, 3.8) is 0 Å². The van der Waals surface area contributed by atoms with Gasteiger partial charge in [0.2, 0.25) is 0 Å². The van der Waals surface area contributed by atoms with Gasteiger partial charge in [0.25, 0.3) is 0 Å². The predicted molar refractivity (Wildman–Crippen MR) is 79.4 cm³/mol. The molecular formula is C14H21N3O2S. The average molecular weight is 295 g/mol. The Hall–Kier alpha value is -1.14. The summed E-state index contributed by atoms with van der Waals surface area (Å²) in [7, 11) is 0. The molecule has 6 heteroatoms. The van der Waals surface area contributed by atoms with Crippen molar-refractivity contribution in [1.29, 1.82) is 0 Å². The molecule has 0 radical (unpaired) electrons. The van der Waals surface area contributed by atoms with E-state index in [1.54, 1.807) is 11.3 Å². The highest BCUT2D eigenvalue weighted by atomic mass is 32.1. The van der Waals surface area contributed by atoms with E-state index in [0.29, 0.717) is 11.7 Å². The van der Waals surface area contributed by atoms with Crippen molar-refractivity contribution < 1.29 is 9.53 Å². The minimum atomic E-state index is -0.183. The molecule has 5 nitrogen and oxygen atoms in total. The first kappa shape index (κ1) is 13.8. The van der Waals surface area contributed by atoms with Crippen molar-refractivity contribution in [2.24, 2.45) is 0 Å². The second kappa shape index (κ2) is 5.00. The summed E-state index contributed by atoms with van der Waals surface area (Å²) in [6, 6.07) is -0.0872. The molecule has 1 aromatic heterocycles. The number of nitrogens with one attached hydrogen (secondary N) is 2. The van der Waals surface area contributed by atoms with Gasteiger partial charge in [0.15, 0.2) is 5.13 Å². The standard InChI is InChI=1S/C14H21N3O2S/c1-8-9(5-7-19-8)15-12(18)17-13-16-11-10(20-13)4-6-14(11,2)3/h8-9H,4-7H2,1-3H3,(H2,15,16,17,18)/t8-,9-/m1/s1. The van der Waals surface area contributed by atoms with Crippen LogP contribution in [0.2, 0.25) is 0 Å². The lowest BCUT2D eigenvalue weighted by Gasteiger charge is -2.16. The Morgan fingerprint density at radius 1 is 1.50 bits per heavy atom. The highest BCUT2D eigenvalue weighted by Crippen LogP contribution is 2.42. The molecule has 0 spiro atoms. The molecule has 2 heterocycles. The zero-order valence-corrected chi connectivity index (χ0v) is 13.0. The van der Waals surface area contributed by atoms with Crippen molar-refractivity contribution in [2.45, 2.75) is 57.6 Å². The Kier molecular flexibility index (Phi) is 3.46. The number of carbonyl (C=O) groups excluding carboxylic acids is 1. The third kappa shape index (κ3) is 2.54. The first-order valence-electron chi connectivity index (χ1n) is 7.15. The van der Waals surface area contributed by atoms with Gasteiger partial charge in [0.1, 0.15) is 0 Å². The van der Waals surface area contributed by atoms with E-state index in [1.807, 2.05) is 6.92 Å². The molecular weight excluding hydrogens is 274 g/mol. The van der Waals surface area contributed by atoms with Gasteiger partial charge in [-0.05, 0) is 26.2 Å². The second-order valence-electron chi connectivity index (χ2n) is 6.24. The number of carbonyl (C=O) groups is 1. The van der Waals surface area contributed by atoms with Crippen LogP contribution in [0, 0.1) is 0 Å². The lowest BCUT2D eigenvalue weighted by atomic mass is 9.91. The van der Waals surface area contributed by atoms with Gasteiger partial charge in [-0.3, -0.25) is 5.32 Å². The first-order valence-corrected chi connectivity index (χ1v) is 7.97. The number of hydrogen-bond acceptors (Lipinski definition) is 4. The van der Waals surface area contributed by atoms with E-state index >= 15 is 0 Å². The summed E-state index contributed by atoms with van der Waals surface area (Å²) in [5.41, 5.74) is 1.28. The van der Waals surface area contributed by atoms with Gasteiger partial charge in [0.05, 0.1) is 17.8 Å². The van der Waals surface area contributed by atoms with Gasteiger partial charge < -0.3 is 10.1 Å². The van der Waals surface area contributed by atoms with Crippen LogP contribution < -0.4 is 10.6 Å². The fourth-order valence-electron chi connectivity index (χ4n) is 2.87. The van der Waals surface area contributed by atoms with Crippen LogP contribution in [0.3, 0.4) is 0 Å². The molecule has 20 heavy (non-hydrogen) atoms. The summed E-state index contributed by atoms with van der Waals surface area (Å²) in [6.07, 6.45) is 3.16. The first-order chi connectivity index (χ1) is 9.45. The van der Waals surface area contributed by atoms with Crippen LogP contribution in [0.1, 0.15) is 44.2 Å². The SMILES string of the molecule is C[C@H]1OCC[C@H]1NC(=O)Nc1nc2c(s1)CCC2(C)C. The summed E-state index contributed by atoms with van der Waals surface area (Å²) >= 11 is 1.60. The molecule has 1 saturated heterocycles. The van der Waals surface area contributed by atoms with Gasteiger partial charge in [-0.2, -0.15) is 0 Å². The largest absolute Gasteiger partial charge is 0.376 e. The van der Waals surface area contributed by atoms with Crippen molar-refractivity contribution >= 4 is 22.5 Å². The van der Waals surface area contributed by atoms with Crippen molar-refractivity contribution in [3.05, 3.63) is 10.6 Å². The number of aromatic nitrogens is 1. The van der Waals surface area contributed by atoms with E-state index in [2.05, 4.69) is 29.5 Å². The van der Waals surface area contributed by atoms with Crippen LogP contribution in [-0.4, -0.2) is 29.8 Å². The maximum Gasteiger partial charge on any atom is 0.321 e. The van der Waals surface area contributed by atoms with Crippen molar-refractivity contribution in [2.75, 3.05) is 11.9 Å². The number of urea groups is 1. The molecule has 0 saturated carbocycles. The Morgan fingerprint density at radius 2 is 2.30 bits per heavy atom. The van der Waals surface area contributed by atoms with Gasteiger partial charge in [-0.25, -0.2) is 9.78 Å². The quantitative estimate of drug-likeness (QED) is 0.881. The highest BCUT2D eigenvalue weighted by molar-refractivity contribution is 7.16. The zero-order chi connectivity index (χ0) is 14.3. The summed E-state index contributed by atoms with van der Waals surface area (Å²) in [4.78, 5) is 17.9. The monoisotopic (exact) mass is 295 g/mol. The molecule has 110 valence electrons. The lowest BCUT2D eigenvalue weighted by Crippen LogP contribution is -2.41. The number of thiazole rings is 1. The Balaban J connectivity index is 1.62. The van der Waals surface area contributed by atoms with Gasteiger partial charge in [-0.1, -0.05) is 13.8 Å². The second-order valence-corrected chi connectivity index (χ2v) is 7.33. The number of aryl methyl sites for hydroxylation is 1. The number of anilines is 1. The third-order valence-electron chi connectivity index (χ3n) is 4.23. The molecule has 2 N–H and O–H groups in total. The Labute approximate surface area is 123 Å². The molecule has 0 bridgehead atoms. The molecule has 1 aliphatic carbocycles. The molecule has 2 amide bonds.